The fourth-order valence-electron chi connectivity index (χ4n) is 8.59. The predicted molar refractivity (Wildman–Crippen MR) is 285 cm³/mol. The van der Waals surface area contributed by atoms with Gasteiger partial charge < -0.3 is 35.4 Å². The number of halogens is 1. The van der Waals surface area contributed by atoms with Crippen molar-refractivity contribution in [3.05, 3.63) is 23.3 Å². The molecule has 0 aliphatic carbocycles. The summed E-state index contributed by atoms with van der Waals surface area (Å²) in [5.74, 6) is -1.50. The van der Waals surface area contributed by atoms with E-state index < -0.39 is 23.5 Å². The monoisotopic (exact) mass is 1010 g/mol. The van der Waals surface area contributed by atoms with Gasteiger partial charge in [-0.25, -0.2) is 9.59 Å². The number of ether oxygens (including phenoxy) is 2. The zero-order valence-electron chi connectivity index (χ0n) is 47.4. The van der Waals surface area contributed by atoms with Crippen LogP contribution >= 0.6 is 12.4 Å². The highest BCUT2D eigenvalue weighted by atomic mass is 35.5. The molecule has 2 rings (SSSR count). The minimum absolute atomic E-state index is 0. The molecule has 2 unspecified atom stereocenters. The molecule has 0 spiro atoms. The lowest BCUT2D eigenvalue weighted by atomic mass is 9.84. The van der Waals surface area contributed by atoms with Gasteiger partial charge in [0.15, 0.2) is 0 Å². The molecule has 2 fully saturated rings. The number of nitrogens with zero attached hydrogens (tertiary/aromatic N) is 4. The van der Waals surface area contributed by atoms with Gasteiger partial charge in [0.05, 0.1) is 37.4 Å². The van der Waals surface area contributed by atoms with Crippen LogP contribution in [0.3, 0.4) is 0 Å². The highest BCUT2D eigenvalue weighted by Crippen LogP contribution is 2.27. The molecule has 8 atom stereocenters. The Morgan fingerprint density at radius 3 is 1.36 bits per heavy atom. The summed E-state index contributed by atoms with van der Waals surface area (Å²) in [5.41, 5.74) is 6.26. The number of nitrogens with one attached hydrogen (secondary N) is 1. The second-order valence-corrected chi connectivity index (χ2v) is 22.0. The molecule has 2 aliphatic rings. The first-order chi connectivity index (χ1) is 31.8. The maximum atomic E-state index is 13.8. The van der Waals surface area contributed by atoms with Crippen molar-refractivity contribution in [3.63, 3.8) is 0 Å². The number of rotatable bonds is 19. The minimum atomic E-state index is -0.678. The summed E-state index contributed by atoms with van der Waals surface area (Å²) in [7, 11) is 3.48. The van der Waals surface area contributed by atoms with E-state index in [0.29, 0.717) is 36.4 Å². The van der Waals surface area contributed by atoms with Crippen LogP contribution in [-0.4, -0.2) is 149 Å². The second kappa shape index (κ2) is 32.5. The van der Waals surface area contributed by atoms with Gasteiger partial charge in [-0.05, 0) is 116 Å². The number of nitrogens with two attached hydrogens (primary N) is 1. The number of likely N-dealkylation sites (N-methyl/N-ethyl adjacent to an activating group) is 2. The molecule has 0 aromatic carbocycles. The van der Waals surface area contributed by atoms with Crippen LogP contribution in [0.25, 0.3) is 0 Å². The number of carbonyl (C=O) groups excluding carboxylic acids is 5. The number of carbonyl (C=O) groups is 6. The number of carboxylic acids is 1. The normalized spacial score (nSPS) is 19.8. The first kappa shape index (κ1) is 68.5. The van der Waals surface area contributed by atoms with Crippen LogP contribution in [0.1, 0.15) is 176 Å². The Balaban J connectivity index is 0. The summed E-state index contributed by atoms with van der Waals surface area (Å²) in [6.07, 6.45) is 11.6. The topological polar surface area (TPSA) is 192 Å². The highest BCUT2D eigenvalue weighted by Gasteiger charge is 2.40. The maximum Gasteiger partial charge on any atom is 0.333 e. The molecule has 2 aliphatic heterocycles. The Morgan fingerprint density at radius 2 is 1.03 bits per heavy atom. The largest absolute Gasteiger partial charge is 0.480 e. The van der Waals surface area contributed by atoms with E-state index in [9.17, 15) is 28.8 Å². The Bertz CT molecular complexity index is 1690. The zero-order valence-corrected chi connectivity index (χ0v) is 48.2. The number of amides is 3. The maximum absolute atomic E-state index is 13.8. The molecule has 0 bridgehead atoms. The molecule has 0 saturated carbocycles. The van der Waals surface area contributed by atoms with E-state index in [1.807, 2.05) is 69.2 Å². The Hall–Kier alpha value is -3.53. The van der Waals surface area contributed by atoms with Crippen LogP contribution in [0.15, 0.2) is 23.3 Å². The van der Waals surface area contributed by atoms with Crippen molar-refractivity contribution in [3.8, 4) is 0 Å². The summed E-state index contributed by atoms with van der Waals surface area (Å²) in [4.78, 5) is 82.4. The van der Waals surface area contributed by atoms with Gasteiger partial charge in [-0.15, -0.1) is 12.4 Å². The van der Waals surface area contributed by atoms with Crippen LogP contribution in [0.5, 0.6) is 0 Å². The average Bonchev–Trinajstić information content (AvgIpc) is 3.29. The van der Waals surface area contributed by atoms with Crippen LogP contribution in [0, 0.1) is 22.7 Å². The van der Waals surface area contributed by atoms with Crippen molar-refractivity contribution in [2.75, 3.05) is 40.4 Å². The van der Waals surface area contributed by atoms with E-state index in [-0.39, 0.29) is 83.5 Å². The van der Waals surface area contributed by atoms with Crippen molar-refractivity contribution in [2.24, 2.45) is 28.4 Å². The van der Waals surface area contributed by atoms with Gasteiger partial charge in [-0.2, -0.15) is 0 Å². The molecule has 0 aromatic heterocycles. The van der Waals surface area contributed by atoms with Crippen molar-refractivity contribution in [1.29, 1.82) is 0 Å². The van der Waals surface area contributed by atoms with Gasteiger partial charge >= 0.3 is 17.9 Å². The standard InChI is InChI=1S/C27H49N3O4.C17H32N2O3.C10H19NO2.ClH/c1-11-20(6)30-16-14-13-15-21(30)24(31)28-23(27(7,8)9)25(32)29(10)22(18(3)4)17-19(5)26(33)34-12-2;1-9-22-16(21)12(4)10-13(11(2)3)19(8)15(20)14(18)17(5,6)7;1-3-8(2)11-7-5-4-6-9(11)10(12)13;/h17-18,20-23H,11-16H2,1-10H3,(H,28,31);10-11,13-14H,9,18H2,1-8H3;8-9H,3-7H2,1-2H3,(H,12,13);1H/b19-17+;12-10+;;/t20?,21-,22-,23-;13-,14-;8?,9-;/m111./s1. The number of carboxylic acid groups (broad SMARTS) is 1. The van der Waals surface area contributed by atoms with E-state index in [4.69, 9.17) is 20.3 Å². The fraction of sp³-hybridized carbons (Fsp3) is 0.815. The van der Waals surface area contributed by atoms with Crippen molar-refractivity contribution in [1.82, 2.24) is 24.9 Å². The molecular formula is C54H101ClN6O9. The average molecular weight is 1010 g/mol. The summed E-state index contributed by atoms with van der Waals surface area (Å²) in [6.45, 7) is 37.7. The van der Waals surface area contributed by atoms with Crippen LogP contribution in [-0.2, 0) is 38.2 Å². The molecule has 0 aromatic rings. The van der Waals surface area contributed by atoms with Crippen molar-refractivity contribution in [2.45, 2.75) is 224 Å². The lowest BCUT2D eigenvalue weighted by Gasteiger charge is -2.41. The molecular weight excluding hydrogens is 912 g/mol. The van der Waals surface area contributed by atoms with E-state index in [1.54, 1.807) is 63.7 Å². The Kier molecular flexibility index (Phi) is 31.8. The summed E-state index contributed by atoms with van der Waals surface area (Å²) in [5, 5.41) is 12.1. The molecule has 16 heteroatoms. The fourth-order valence-corrected chi connectivity index (χ4v) is 8.59. The van der Waals surface area contributed by atoms with E-state index >= 15 is 0 Å². The molecule has 3 amide bonds. The second-order valence-electron chi connectivity index (χ2n) is 22.0. The molecule has 70 heavy (non-hydrogen) atoms. The van der Waals surface area contributed by atoms with Crippen molar-refractivity contribution >= 4 is 48.0 Å². The van der Waals surface area contributed by atoms with Gasteiger partial charge in [0.1, 0.15) is 12.1 Å². The molecule has 15 nitrogen and oxygen atoms in total. The first-order valence-corrected chi connectivity index (χ1v) is 25.9. The molecule has 2 saturated heterocycles. The lowest BCUT2D eigenvalue weighted by Crippen LogP contribution is -2.60. The van der Waals surface area contributed by atoms with Gasteiger partial charge in [-0.3, -0.25) is 29.0 Å². The van der Waals surface area contributed by atoms with Crippen molar-refractivity contribution < 1.29 is 43.3 Å². The number of hydrogen-bond donors (Lipinski definition) is 3. The number of hydrogen-bond acceptors (Lipinski definition) is 11. The first-order valence-electron chi connectivity index (χ1n) is 25.9. The summed E-state index contributed by atoms with van der Waals surface area (Å²) < 4.78 is 10.1. The highest BCUT2D eigenvalue weighted by molar-refractivity contribution is 5.91. The van der Waals surface area contributed by atoms with E-state index in [2.05, 4.69) is 42.8 Å². The quantitative estimate of drug-likeness (QED) is 0.0826. The molecule has 4 N–H and O–H groups in total. The summed E-state index contributed by atoms with van der Waals surface area (Å²) in [6, 6.07) is -1.49. The lowest BCUT2D eigenvalue weighted by molar-refractivity contribution is -0.146. The van der Waals surface area contributed by atoms with Gasteiger partial charge in [0.2, 0.25) is 17.7 Å². The number of likely N-dealkylation sites (tertiary alicyclic amines) is 2. The third-order valence-corrected chi connectivity index (χ3v) is 13.6. The third-order valence-electron chi connectivity index (χ3n) is 13.6. The van der Waals surface area contributed by atoms with Crippen LogP contribution < -0.4 is 11.1 Å². The van der Waals surface area contributed by atoms with Crippen LogP contribution in [0.2, 0.25) is 0 Å². The number of esters is 2. The number of aliphatic carboxylic acids is 1. The number of piperidine rings is 2. The van der Waals surface area contributed by atoms with Gasteiger partial charge in [0, 0.05) is 37.3 Å². The molecule has 408 valence electrons. The predicted octanol–water partition coefficient (Wildman–Crippen LogP) is 8.66. The van der Waals surface area contributed by atoms with Crippen LogP contribution in [0.4, 0.5) is 0 Å². The molecule has 0 radical (unpaired) electrons. The Labute approximate surface area is 431 Å². The third kappa shape index (κ3) is 22.1. The van der Waals surface area contributed by atoms with Gasteiger partial charge in [-0.1, -0.05) is 108 Å². The minimum Gasteiger partial charge on any atom is -0.480 e. The SMILES string of the molecule is CCC(C)N1CCCC[C@@H]1C(=O)O.CCOC(=O)/C(C)=C/[C@H](C(C)C)N(C)C(=O)[C@@H](N)C(C)(C)C.CCOC(=O)/C(C)=C/[C@H](C(C)C)N(C)C(=O)[C@@H](NC(=O)[C@H]1CCCCN1C(C)CC)C(C)(C)C.Cl. The van der Waals surface area contributed by atoms with E-state index in [1.165, 1.54) is 0 Å². The van der Waals surface area contributed by atoms with E-state index in [0.717, 1.165) is 64.5 Å². The Morgan fingerprint density at radius 1 is 0.657 bits per heavy atom. The van der Waals surface area contributed by atoms with Gasteiger partial charge in [0.25, 0.3) is 0 Å². The molecule has 2 heterocycles. The smallest absolute Gasteiger partial charge is 0.333 e. The summed E-state index contributed by atoms with van der Waals surface area (Å²) >= 11 is 0. The zero-order chi connectivity index (χ0) is 53.7.